The summed E-state index contributed by atoms with van der Waals surface area (Å²) in [5.74, 6) is 0.524. The minimum Gasteiger partial charge on any atom is -0.483 e. The van der Waals surface area contributed by atoms with E-state index in [9.17, 15) is 4.79 Å². The van der Waals surface area contributed by atoms with Gasteiger partial charge in [0.05, 0.1) is 23.6 Å². The van der Waals surface area contributed by atoms with Gasteiger partial charge < -0.3 is 10.1 Å². The van der Waals surface area contributed by atoms with Crippen molar-refractivity contribution in [3.05, 3.63) is 76.6 Å². The molecule has 3 aromatic rings. The maximum Gasteiger partial charge on any atom is 0.262 e. The van der Waals surface area contributed by atoms with Crippen LogP contribution in [0.3, 0.4) is 0 Å². The minimum atomic E-state index is -0.195. The molecule has 0 radical (unpaired) electrons. The molecule has 0 aliphatic carbocycles. The second-order valence-electron chi connectivity index (χ2n) is 6.79. The average molecular weight is 363 g/mol. The molecule has 0 saturated heterocycles. The monoisotopic (exact) mass is 363 g/mol. The molecule has 3 rings (SSSR count). The van der Waals surface area contributed by atoms with Crippen LogP contribution in [0.4, 0.5) is 5.69 Å². The van der Waals surface area contributed by atoms with Crippen LogP contribution >= 0.6 is 0 Å². The Morgan fingerprint density at radius 1 is 1.07 bits per heavy atom. The van der Waals surface area contributed by atoms with Crippen LogP contribution in [0, 0.1) is 27.7 Å². The van der Waals surface area contributed by atoms with Gasteiger partial charge in [-0.05, 0) is 44.9 Å². The van der Waals surface area contributed by atoms with Crippen molar-refractivity contribution in [3.8, 4) is 5.75 Å². The van der Waals surface area contributed by atoms with Crippen LogP contribution in [0.5, 0.6) is 5.75 Å². The highest BCUT2D eigenvalue weighted by Gasteiger charge is 2.15. The molecule has 1 aromatic heterocycles. The van der Waals surface area contributed by atoms with Crippen LogP contribution in [0.2, 0.25) is 0 Å². The molecular formula is C22H25N3O2. The normalized spacial score (nSPS) is 10.7. The van der Waals surface area contributed by atoms with E-state index in [4.69, 9.17) is 4.74 Å². The van der Waals surface area contributed by atoms with E-state index >= 15 is 0 Å². The molecule has 0 spiro atoms. The molecule has 5 nitrogen and oxygen atoms in total. The van der Waals surface area contributed by atoms with Crippen molar-refractivity contribution in [3.63, 3.8) is 0 Å². The Balaban J connectivity index is 1.67. The summed E-state index contributed by atoms with van der Waals surface area (Å²) in [4.78, 5) is 12.3. The Morgan fingerprint density at radius 2 is 1.85 bits per heavy atom. The van der Waals surface area contributed by atoms with E-state index in [-0.39, 0.29) is 12.5 Å². The van der Waals surface area contributed by atoms with Crippen molar-refractivity contribution in [1.29, 1.82) is 0 Å². The molecule has 0 atom stereocenters. The van der Waals surface area contributed by atoms with E-state index in [1.165, 1.54) is 11.1 Å². The number of nitrogens with one attached hydrogen (secondary N) is 1. The second-order valence-corrected chi connectivity index (χ2v) is 6.79. The van der Waals surface area contributed by atoms with Gasteiger partial charge in [-0.2, -0.15) is 5.10 Å². The van der Waals surface area contributed by atoms with Gasteiger partial charge in [-0.1, -0.05) is 48.0 Å². The van der Waals surface area contributed by atoms with E-state index in [1.807, 2.05) is 55.8 Å². The average Bonchev–Trinajstić information content (AvgIpc) is 2.88. The van der Waals surface area contributed by atoms with Crippen LogP contribution < -0.4 is 10.1 Å². The molecule has 0 aliphatic rings. The number of hydrogen-bond donors (Lipinski definition) is 1. The van der Waals surface area contributed by atoms with Crippen molar-refractivity contribution in [1.82, 2.24) is 9.78 Å². The van der Waals surface area contributed by atoms with Crippen LogP contribution in [0.25, 0.3) is 0 Å². The lowest BCUT2D eigenvalue weighted by molar-refractivity contribution is -0.118. The summed E-state index contributed by atoms with van der Waals surface area (Å²) in [7, 11) is 0. The fourth-order valence-electron chi connectivity index (χ4n) is 3.05. The Bertz CT molecular complexity index is 960. The van der Waals surface area contributed by atoms with Gasteiger partial charge in [0, 0.05) is 0 Å². The second kappa shape index (κ2) is 8.08. The molecular weight excluding hydrogens is 338 g/mol. The molecule has 0 fully saturated rings. The Kier molecular flexibility index (Phi) is 5.60. The van der Waals surface area contributed by atoms with Crippen molar-refractivity contribution < 1.29 is 9.53 Å². The molecule has 140 valence electrons. The standard InChI is InChI=1S/C22H25N3O2/c1-15-8-7-10-19(12-15)13-25-18(4)22(17(3)24-25)23-21(26)14-27-20-11-6-5-9-16(20)2/h5-12H,13-14H2,1-4H3,(H,23,26). The van der Waals surface area contributed by atoms with Gasteiger partial charge in [0.2, 0.25) is 0 Å². The summed E-state index contributed by atoms with van der Waals surface area (Å²) in [5.41, 5.74) is 5.88. The predicted octanol–water partition coefficient (Wildman–Crippen LogP) is 4.18. The quantitative estimate of drug-likeness (QED) is 0.715. The first-order chi connectivity index (χ1) is 12.9. The van der Waals surface area contributed by atoms with Crippen molar-refractivity contribution in [2.24, 2.45) is 0 Å². The maximum atomic E-state index is 12.3. The number of carbonyl (C=O) groups is 1. The van der Waals surface area contributed by atoms with Gasteiger partial charge in [-0.15, -0.1) is 0 Å². The van der Waals surface area contributed by atoms with Gasteiger partial charge in [0.15, 0.2) is 6.61 Å². The summed E-state index contributed by atoms with van der Waals surface area (Å²) in [6, 6.07) is 16.0. The lowest BCUT2D eigenvalue weighted by Gasteiger charge is -2.10. The third kappa shape index (κ3) is 4.56. The summed E-state index contributed by atoms with van der Waals surface area (Å²) < 4.78 is 7.55. The number of aryl methyl sites for hydroxylation is 3. The number of anilines is 1. The number of hydrogen-bond acceptors (Lipinski definition) is 3. The van der Waals surface area contributed by atoms with Gasteiger partial charge in [0.1, 0.15) is 5.75 Å². The van der Waals surface area contributed by atoms with Crippen LogP contribution in [-0.2, 0) is 11.3 Å². The molecule has 1 heterocycles. The third-order valence-electron chi connectivity index (χ3n) is 4.51. The fourth-order valence-corrected chi connectivity index (χ4v) is 3.05. The number of para-hydroxylation sites is 1. The molecule has 27 heavy (non-hydrogen) atoms. The molecule has 0 unspecified atom stereocenters. The van der Waals surface area contributed by atoms with Crippen molar-refractivity contribution >= 4 is 11.6 Å². The topological polar surface area (TPSA) is 56.2 Å². The van der Waals surface area contributed by atoms with Gasteiger partial charge in [0.25, 0.3) is 5.91 Å². The third-order valence-corrected chi connectivity index (χ3v) is 4.51. The summed E-state index contributed by atoms with van der Waals surface area (Å²) in [5, 5.41) is 7.52. The van der Waals surface area contributed by atoms with Crippen LogP contribution in [0.15, 0.2) is 48.5 Å². The molecule has 0 aliphatic heterocycles. The highest BCUT2D eigenvalue weighted by atomic mass is 16.5. The Labute approximate surface area is 160 Å². The molecule has 0 bridgehead atoms. The zero-order chi connectivity index (χ0) is 19.4. The lowest BCUT2D eigenvalue weighted by Crippen LogP contribution is -2.21. The summed E-state index contributed by atoms with van der Waals surface area (Å²) in [6.07, 6.45) is 0. The number of rotatable bonds is 6. The number of nitrogens with zero attached hydrogens (tertiary/aromatic N) is 2. The Morgan fingerprint density at radius 3 is 2.59 bits per heavy atom. The van der Waals surface area contributed by atoms with Gasteiger partial charge >= 0.3 is 0 Å². The summed E-state index contributed by atoms with van der Waals surface area (Å²) in [6.45, 7) is 8.53. The molecule has 0 saturated carbocycles. The zero-order valence-electron chi connectivity index (χ0n) is 16.2. The Hall–Kier alpha value is -3.08. The van der Waals surface area contributed by atoms with E-state index in [2.05, 4.69) is 35.5 Å². The highest BCUT2D eigenvalue weighted by Crippen LogP contribution is 2.21. The van der Waals surface area contributed by atoms with Crippen LogP contribution in [-0.4, -0.2) is 22.3 Å². The fraction of sp³-hybridized carbons (Fsp3) is 0.273. The van der Waals surface area contributed by atoms with E-state index in [0.717, 1.165) is 28.4 Å². The maximum absolute atomic E-state index is 12.3. The van der Waals surface area contributed by atoms with Crippen molar-refractivity contribution in [2.45, 2.75) is 34.2 Å². The van der Waals surface area contributed by atoms with Crippen LogP contribution in [0.1, 0.15) is 28.1 Å². The first kappa shape index (κ1) is 18.7. The molecule has 1 N–H and O–H groups in total. The number of carbonyl (C=O) groups excluding carboxylic acids is 1. The zero-order valence-corrected chi connectivity index (χ0v) is 16.2. The van der Waals surface area contributed by atoms with Crippen molar-refractivity contribution in [2.75, 3.05) is 11.9 Å². The number of aromatic nitrogens is 2. The number of benzene rings is 2. The van der Waals surface area contributed by atoms with E-state index in [1.54, 1.807) is 0 Å². The molecule has 2 aromatic carbocycles. The first-order valence-corrected chi connectivity index (χ1v) is 9.02. The first-order valence-electron chi connectivity index (χ1n) is 9.02. The predicted molar refractivity (Wildman–Crippen MR) is 107 cm³/mol. The SMILES string of the molecule is Cc1cccc(Cn2nc(C)c(NC(=O)COc3ccccc3C)c2C)c1. The van der Waals surface area contributed by atoms with Gasteiger partial charge in [-0.25, -0.2) is 0 Å². The highest BCUT2D eigenvalue weighted by molar-refractivity contribution is 5.93. The molecule has 1 amide bonds. The number of ether oxygens (including phenoxy) is 1. The van der Waals surface area contributed by atoms with E-state index in [0.29, 0.717) is 6.54 Å². The lowest BCUT2D eigenvalue weighted by atomic mass is 10.1. The smallest absolute Gasteiger partial charge is 0.262 e. The summed E-state index contributed by atoms with van der Waals surface area (Å²) >= 11 is 0. The van der Waals surface area contributed by atoms with E-state index < -0.39 is 0 Å². The van der Waals surface area contributed by atoms with Gasteiger partial charge in [-0.3, -0.25) is 9.48 Å². The minimum absolute atomic E-state index is 0.0349. The molecule has 5 heteroatoms. The number of amides is 1. The largest absolute Gasteiger partial charge is 0.483 e.